The van der Waals surface area contributed by atoms with Crippen molar-refractivity contribution in [3.8, 4) is 5.75 Å². The third-order valence-electron chi connectivity index (χ3n) is 6.19. The number of hydrogen-bond acceptors (Lipinski definition) is 8. The van der Waals surface area contributed by atoms with E-state index in [-0.39, 0.29) is 36.2 Å². The Labute approximate surface area is 238 Å². The number of sulfonamides is 1. The second-order valence-electron chi connectivity index (χ2n) is 9.06. The number of rotatable bonds is 9. The molecule has 1 fully saturated rings. The largest absolute Gasteiger partial charge is 0.573 e. The molecule has 0 aliphatic carbocycles. The van der Waals surface area contributed by atoms with E-state index in [1.807, 2.05) is 24.3 Å². The summed E-state index contributed by atoms with van der Waals surface area (Å²) in [4.78, 5) is 27.2. The molecule has 0 spiro atoms. The van der Waals surface area contributed by atoms with Crippen molar-refractivity contribution in [2.45, 2.75) is 43.6 Å². The number of urea groups is 1. The molecular weight excluding hydrogens is 585 g/mol. The van der Waals surface area contributed by atoms with Gasteiger partial charge in [-0.25, -0.2) is 13.2 Å². The summed E-state index contributed by atoms with van der Waals surface area (Å²) in [7, 11) is -4.35. The number of ether oxygens (including phenoxy) is 1. The summed E-state index contributed by atoms with van der Waals surface area (Å²) >= 11 is 1.09. The van der Waals surface area contributed by atoms with Crippen LogP contribution in [-0.4, -0.2) is 71.8 Å². The smallest absolute Gasteiger partial charge is 0.406 e. The van der Waals surface area contributed by atoms with Gasteiger partial charge in [-0.15, -0.1) is 23.4 Å². The zero-order valence-electron chi connectivity index (χ0n) is 21.8. The van der Waals surface area contributed by atoms with Crippen LogP contribution in [0.2, 0.25) is 0 Å². The maximum absolute atomic E-state index is 13.6. The van der Waals surface area contributed by atoms with E-state index in [9.17, 15) is 31.2 Å². The Morgan fingerprint density at radius 3 is 2.37 bits per heavy atom. The lowest BCUT2D eigenvalue weighted by Crippen LogP contribution is -2.61. The third-order valence-corrected chi connectivity index (χ3v) is 8.72. The minimum absolute atomic E-state index is 0.0538. The first-order chi connectivity index (χ1) is 19.5. The fraction of sp³-hybridized carbons (Fsp3) is 0.360. The van der Waals surface area contributed by atoms with Gasteiger partial charge in [0.25, 0.3) is 0 Å². The van der Waals surface area contributed by atoms with Crippen LogP contribution in [0.3, 0.4) is 0 Å². The molecule has 2 heterocycles. The standard InChI is InChI=1S/C25H27F3N6O5S2/c1-2-3-17-4-6-18(7-5-17)14-29-22(35)21-15-33(24(36)31-23-32-30-16-40-23)12-13-34(21)41(37,38)20-10-8-19(9-11-20)39-25(26,27)28/h4-11,16,21H,2-3,12-15H2,1H3,(H,29,35)(H,31,32,36)/t21-/m1/s1. The normalized spacial score (nSPS) is 16.3. The zero-order chi connectivity index (χ0) is 29.6. The molecule has 2 N–H and O–H groups in total. The molecule has 1 aliphatic heterocycles. The number of anilines is 1. The maximum atomic E-state index is 13.6. The molecule has 1 atom stereocenters. The van der Waals surface area contributed by atoms with Gasteiger partial charge >= 0.3 is 12.4 Å². The van der Waals surface area contributed by atoms with Gasteiger partial charge < -0.3 is 15.0 Å². The topological polar surface area (TPSA) is 134 Å². The number of alkyl halides is 3. The first-order valence-electron chi connectivity index (χ1n) is 12.5. The molecule has 0 radical (unpaired) electrons. The molecule has 0 unspecified atom stereocenters. The van der Waals surface area contributed by atoms with E-state index in [1.54, 1.807) is 0 Å². The predicted molar refractivity (Wildman–Crippen MR) is 144 cm³/mol. The molecule has 0 bridgehead atoms. The first kappa shape index (κ1) is 30.2. The van der Waals surface area contributed by atoms with E-state index in [2.05, 4.69) is 32.5 Å². The van der Waals surface area contributed by atoms with Crippen LogP contribution in [0.25, 0.3) is 0 Å². The summed E-state index contributed by atoms with van der Waals surface area (Å²) in [5.74, 6) is -1.23. The monoisotopic (exact) mass is 612 g/mol. The number of hydrogen-bond donors (Lipinski definition) is 2. The highest BCUT2D eigenvalue weighted by Gasteiger charge is 2.41. The van der Waals surface area contributed by atoms with Crippen molar-refractivity contribution in [3.05, 3.63) is 65.2 Å². The van der Waals surface area contributed by atoms with E-state index < -0.39 is 40.1 Å². The number of nitrogens with zero attached hydrogens (tertiary/aromatic N) is 4. The number of carbonyl (C=O) groups is 2. The van der Waals surface area contributed by atoms with Crippen molar-refractivity contribution in [3.63, 3.8) is 0 Å². The zero-order valence-corrected chi connectivity index (χ0v) is 23.4. The summed E-state index contributed by atoms with van der Waals surface area (Å²) in [5, 5.41) is 12.9. The van der Waals surface area contributed by atoms with Crippen molar-refractivity contribution < 1.29 is 35.9 Å². The van der Waals surface area contributed by atoms with Crippen molar-refractivity contribution in [1.82, 2.24) is 24.7 Å². The summed E-state index contributed by atoms with van der Waals surface area (Å²) in [5.41, 5.74) is 3.38. The number of benzene rings is 2. The molecule has 0 saturated carbocycles. The van der Waals surface area contributed by atoms with E-state index in [0.29, 0.717) is 0 Å². The van der Waals surface area contributed by atoms with Crippen LogP contribution < -0.4 is 15.4 Å². The van der Waals surface area contributed by atoms with E-state index >= 15 is 0 Å². The van der Waals surface area contributed by atoms with Gasteiger partial charge in [0.05, 0.1) is 4.90 Å². The minimum atomic E-state index is -4.94. The van der Waals surface area contributed by atoms with Gasteiger partial charge in [-0.2, -0.15) is 4.31 Å². The summed E-state index contributed by atoms with van der Waals surface area (Å²) in [6, 6.07) is 9.43. The van der Waals surface area contributed by atoms with Gasteiger partial charge in [0.2, 0.25) is 21.1 Å². The quantitative estimate of drug-likeness (QED) is 0.377. The number of aryl methyl sites for hydroxylation is 1. The molecule has 41 heavy (non-hydrogen) atoms. The van der Waals surface area contributed by atoms with Crippen molar-refractivity contribution in [1.29, 1.82) is 0 Å². The molecule has 4 rings (SSSR count). The van der Waals surface area contributed by atoms with Crippen molar-refractivity contribution in [2.75, 3.05) is 25.0 Å². The Kier molecular flexibility index (Phi) is 9.45. The Morgan fingerprint density at radius 1 is 1.07 bits per heavy atom. The van der Waals surface area contributed by atoms with Gasteiger partial charge in [0.1, 0.15) is 17.3 Å². The molecule has 3 amide bonds. The first-order valence-corrected chi connectivity index (χ1v) is 14.8. The summed E-state index contributed by atoms with van der Waals surface area (Å²) < 4.78 is 69.5. The SMILES string of the molecule is CCCc1ccc(CNC(=O)[C@H]2CN(C(=O)Nc3nncs3)CCN2S(=O)(=O)c2ccc(OC(F)(F)F)cc2)cc1. The molecule has 220 valence electrons. The Hall–Kier alpha value is -3.76. The van der Waals surface area contributed by atoms with Gasteiger partial charge in [-0.3, -0.25) is 10.1 Å². The van der Waals surface area contributed by atoms with Crippen molar-refractivity contribution >= 4 is 38.4 Å². The van der Waals surface area contributed by atoms with Crippen molar-refractivity contribution in [2.24, 2.45) is 0 Å². The molecule has 1 aliphatic rings. The maximum Gasteiger partial charge on any atom is 0.573 e. The van der Waals surface area contributed by atoms with E-state index in [1.165, 1.54) is 10.4 Å². The van der Waals surface area contributed by atoms with Gasteiger partial charge in [0, 0.05) is 26.2 Å². The van der Waals surface area contributed by atoms with E-state index in [0.717, 1.165) is 63.9 Å². The average molecular weight is 613 g/mol. The van der Waals surface area contributed by atoms with Crippen LogP contribution in [-0.2, 0) is 27.8 Å². The molecule has 11 nitrogen and oxygen atoms in total. The Bertz CT molecular complexity index is 1440. The second kappa shape index (κ2) is 12.8. The van der Waals surface area contributed by atoms with Gasteiger partial charge in [0.15, 0.2) is 0 Å². The molecular formula is C25H27F3N6O5S2. The lowest BCUT2D eigenvalue weighted by atomic mass is 10.1. The molecule has 16 heteroatoms. The highest BCUT2D eigenvalue weighted by atomic mass is 32.2. The van der Waals surface area contributed by atoms with Gasteiger partial charge in [-0.05, 0) is 41.8 Å². The third kappa shape index (κ3) is 7.92. The van der Waals surface area contributed by atoms with Gasteiger partial charge in [-0.1, -0.05) is 48.9 Å². The molecule has 2 aromatic carbocycles. The number of carbonyl (C=O) groups excluding carboxylic acids is 2. The van der Waals surface area contributed by atoms with Crippen LogP contribution >= 0.6 is 11.3 Å². The Morgan fingerprint density at radius 2 is 1.76 bits per heavy atom. The Balaban J connectivity index is 1.53. The number of piperazine rings is 1. The molecule has 3 aromatic rings. The molecule has 1 saturated heterocycles. The summed E-state index contributed by atoms with van der Waals surface area (Å²) in [6.45, 7) is 1.62. The van der Waals surface area contributed by atoms with E-state index in [4.69, 9.17) is 0 Å². The summed E-state index contributed by atoms with van der Waals surface area (Å²) in [6.07, 6.45) is -3.03. The molecule has 1 aromatic heterocycles. The average Bonchev–Trinajstić information content (AvgIpc) is 3.45. The van der Waals surface area contributed by atoms with Crippen LogP contribution in [0.15, 0.2) is 58.9 Å². The number of amides is 3. The minimum Gasteiger partial charge on any atom is -0.406 e. The van der Waals surface area contributed by atoms with Crippen LogP contribution in [0.5, 0.6) is 5.75 Å². The number of aromatic nitrogens is 2. The highest BCUT2D eigenvalue weighted by molar-refractivity contribution is 7.89. The lowest BCUT2D eigenvalue weighted by Gasteiger charge is -2.39. The fourth-order valence-corrected chi connectivity index (χ4v) is 6.22. The van der Waals surface area contributed by atoms with Crippen LogP contribution in [0.4, 0.5) is 23.1 Å². The predicted octanol–water partition coefficient (Wildman–Crippen LogP) is 3.61. The van der Waals surface area contributed by atoms with Crippen LogP contribution in [0, 0.1) is 0 Å². The highest BCUT2D eigenvalue weighted by Crippen LogP contribution is 2.27. The second-order valence-corrected chi connectivity index (χ2v) is 11.8. The number of halogens is 3. The van der Waals surface area contributed by atoms with Crippen LogP contribution in [0.1, 0.15) is 24.5 Å². The number of nitrogens with one attached hydrogen (secondary N) is 2. The fourth-order valence-electron chi connectivity index (χ4n) is 4.22. The lowest BCUT2D eigenvalue weighted by molar-refractivity contribution is -0.274.